The van der Waals surface area contributed by atoms with E-state index in [0.29, 0.717) is 0 Å². The minimum Gasteiger partial charge on any atom is -0.358 e. The summed E-state index contributed by atoms with van der Waals surface area (Å²) in [5, 5.41) is 5.67. The highest BCUT2D eigenvalue weighted by Gasteiger charge is 2.28. The minimum atomic E-state index is -0.0307. The van der Waals surface area contributed by atoms with Crippen molar-refractivity contribution in [2.45, 2.75) is 18.6 Å². The second-order valence-corrected chi connectivity index (χ2v) is 6.41. The highest BCUT2D eigenvalue weighted by molar-refractivity contribution is 14.0. The number of carbonyl (C=O) groups is 1. The smallest absolute Gasteiger partial charge is 0.239 e. The Kier molecular flexibility index (Phi) is 8.00. The first-order chi connectivity index (χ1) is 7.98. The van der Waals surface area contributed by atoms with Crippen LogP contribution in [0.15, 0.2) is 4.99 Å². The van der Waals surface area contributed by atoms with E-state index in [1.54, 1.807) is 14.1 Å². The second-order valence-electron chi connectivity index (χ2n) is 4.60. The van der Waals surface area contributed by atoms with Gasteiger partial charge in [0, 0.05) is 37.7 Å². The molecule has 1 aliphatic heterocycles. The van der Waals surface area contributed by atoms with Crippen LogP contribution in [0.2, 0.25) is 0 Å². The van der Waals surface area contributed by atoms with Gasteiger partial charge in [-0.25, -0.2) is 0 Å². The van der Waals surface area contributed by atoms with Crippen LogP contribution in [0.1, 0.15) is 13.8 Å². The number of hydrogen-bond donors (Lipinski definition) is 2. The Morgan fingerprint density at radius 2 is 2.17 bits per heavy atom. The van der Waals surface area contributed by atoms with Crippen molar-refractivity contribution in [3.63, 3.8) is 0 Å². The molecule has 1 rings (SSSR count). The molecule has 0 aromatic rings. The summed E-state index contributed by atoms with van der Waals surface area (Å²) in [5.41, 5.74) is 0. The van der Waals surface area contributed by atoms with E-state index in [1.165, 1.54) is 0 Å². The van der Waals surface area contributed by atoms with Gasteiger partial charge in [0.15, 0.2) is 5.96 Å². The van der Waals surface area contributed by atoms with Gasteiger partial charge >= 0.3 is 0 Å². The molecule has 5 nitrogen and oxygen atoms in total. The fraction of sp³-hybridized carbons (Fsp3) is 0.818. The van der Waals surface area contributed by atoms with Gasteiger partial charge in [-0.2, -0.15) is 11.8 Å². The van der Waals surface area contributed by atoms with Gasteiger partial charge in [0.1, 0.15) is 0 Å². The summed E-state index contributed by atoms with van der Waals surface area (Å²) in [6.45, 7) is 6.66. The van der Waals surface area contributed by atoms with Crippen LogP contribution in [0.5, 0.6) is 0 Å². The van der Waals surface area contributed by atoms with Gasteiger partial charge in [-0.3, -0.25) is 9.79 Å². The molecule has 0 aromatic carbocycles. The van der Waals surface area contributed by atoms with Crippen molar-refractivity contribution in [1.82, 2.24) is 15.5 Å². The fourth-order valence-corrected chi connectivity index (χ4v) is 2.89. The number of carbonyl (C=O) groups excluding carboxylic acids is 1. The van der Waals surface area contributed by atoms with E-state index in [2.05, 4.69) is 34.4 Å². The largest absolute Gasteiger partial charge is 0.358 e. The molecule has 106 valence electrons. The topological polar surface area (TPSA) is 56.7 Å². The van der Waals surface area contributed by atoms with Gasteiger partial charge in [0.2, 0.25) is 5.91 Å². The number of nitrogens with one attached hydrogen (secondary N) is 2. The first-order valence-electron chi connectivity index (χ1n) is 5.78. The van der Waals surface area contributed by atoms with E-state index in [4.69, 9.17) is 0 Å². The molecule has 2 N–H and O–H groups in total. The molecule has 7 heteroatoms. The van der Waals surface area contributed by atoms with Gasteiger partial charge in [0.05, 0.1) is 6.54 Å². The number of aliphatic imine (C=N–C) groups is 1. The second kappa shape index (κ2) is 8.08. The summed E-state index contributed by atoms with van der Waals surface area (Å²) in [5.74, 6) is 1.87. The molecule has 0 spiro atoms. The molecule has 1 aliphatic rings. The lowest BCUT2D eigenvalue weighted by molar-refractivity contribution is -0.119. The zero-order chi connectivity index (χ0) is 12.9. The van der Waals surface area contributed by atoms with E-state index in [1.807, 2.05) is 11.8 Å². The van der Waals surface area contributed by atoms with Crippen LogP contribution in [0, 0.1) is 0 Å². The summed E-state index contributed by atoms with van der Waals surface area (Å²) in [4.78, 5) is 17.6. The van der Waals surface area contributed by atoms with Crippen molar-refractivity contribution in [2.24, 2.45) is 4.99 Å². The highest BCUT2D eigenvalue weighted by Crippen LogP contribution is 2.29. The Morgan fingerprint density at radius 1 is 1.50 bits per heavy atom. The predicted molar refractivity (Wildman–Crippen MR) is 89.0 cm³/mol. The molecule has 0 aliphatic carbocycles. The fourth-order valence-electron chi connectivity index (χ4n) is 1.78. The molecule has 1 fully saturated rings. The van der Waals surface area contributed by atoms with Crippen LogP contribution >= 0.6 is 35.7 Å². The van der Waals surface area contributed by atoms with Crippen LogP contribution in [0.4, 0.5) is 0 Å². The summed E-state index contributed by atoms with van der Waals surface area (Å²) in [6, 6.07) is 0. The summed E-state index contributed by atoms with van der Waals surface area (Å²) < 4.78 is 0.239. The molecule has 1 heterocycles. The highest BCUT2D eigenvalue weighted by atomic mass is 127. The van der Waals surface area contributed by atoms with Crippen LogP contribution in [-0.4, -0.2) is 61.0 Å². The first kappa shape index (κ1) is 17.8. The van der Waals surface area contributed by atoms with Crippen molar-refractivity contribution in [3.8, 4) is 0 Å². The molecule has 0 atom stereocenters. The molecule has 0 aromatic heterocycles. The number of hydrogen-bond acceptors (Lipinski definition) is 3. The SMILES string of the molecule is CN=C(NCC(=O)NC)N1CCSC(C)(C)C1.I. The maximum absolute atomic E-state index is 11.2. The number of likely N-dealkylation sites (N-methyl/N-ethyl adjacent to an activating group) is 1. The summed E-state index contributed by atoms with van der Waals surface area (Å²) >= 11 is 1.98. The average molecular weight is 386 g/mol. The molecule has 0 unspecified atom stereocenters. The van der Waals surface area contributed by atoms with Crippen LogP contribution in [0.3, 0.4) is 0 Å². The van der Waals surface area contributed by atoms with Crippen molar-refractivity contribution in [1.29, 1.82) is 0 Å². The van der Waals surface area contributed by atoms with Gasteiger partial charge in [-0.05, 0) is 13.8 Å². The molecule has 0 radical (unpaired) electrons. The number of halogens is 1. The van der Waals surface area contributed by atoms with Gasteiger partial charge < -0.3 is 15.5 Å². The molecule has 0 bridgehead atoms. The van der Waals surface area contributed by atoms with E-state index in [9.17, 15) is 4.79 Å². The molecule has 0 saturated carbocycles. The van der Waals surface area contributed by atoms with E-state index >= 15 is 0 Å². The standard InChI is InChI=1S/C11H22N4OS.HI/c1-11(2)8-15(5-6-17-11)10(13-4)14-7-9(16)12-3;/h5-8H2,1-4H3,(H,12,16)(H,13,14);1H. The number of amides is 1. The molecule has 18 heavy (non-hydrogen) atoms. The van der Waals surface area contributed by atoms with E-state index < -0.39 is 0 Å². The Hall–Kier alpha value is -0.180. The first-order valence-corrected chi connectivity index (χ1v) is 6.77. The van der Waals surface area contributed by atoms with Crippen LogP contribution in [-0.2, 0) is 4.79 Å². The molecular formula is C11H23IN4OS. The van der Waals surface area contributed by atoms with Crippen LogP contribution in [0.25, 0.3) is 0 Å². The van der Waals surface area contributed by atoms with Crippen molar-refractivity contribution < 1.29 is 4.79 Å². The lowest BCUT2D eigenvalue weighted by atomic mass is 10.2. The van der Waals surface area contributed by atoms with Gasteiger partial charge in [-0.15, -0.1) is 24.0 Å². The zero-order valence-corrected chi connectivity index (χ0v) is 14.6. The maximum atomic E-state index is 11.2. The number of thioether (sulfide) groups is 1. The third-order valence-electron chi connectivity index (χ3n) is 2.62. The lowest BCUT2D eigenvalue weighted by Gasteiger charge is -2.39. The number of guanidine groups is 1. The van der Waals surface area contributed by atoms with Crippen molar-refractivity contribution >= 4 is 47.6 Å². The summed E-state index contributed by atoms with van der Waals surface area (Å²) in [7, 11) is 3.38. The molecule has 1 amide bonds. The Labute approximate surface area is 131 Å². The van der Waals surface area contributed by atoms with Gasteiger partial charge in [-0.1, -0.05) is 0 Å². The Balaban J connectivity index is 0.00000289. The number of nitrogens with zero attached hydrogens (tertiary/aromatic N) is 2. The van der Waals surface area contributed by atoms with E-state index in [-0.39, 0.29) is 41.2 Å². The molecule has 1 saturated heterocycles. The summed E-state index contributed by atoms with van der Waals surface area (Å²) in [6.07, 6.45) is 0. The molecular weight excluding hydrogens is 363 g/mol. The monoisotopic (exact) mass is 386 g/mol. The predicted octanol–water partition coefficient (Wildman–Crippen LogP) is 0.753. The minimum absolute atomic E-state index is 0. The van der Waals surface area contributed by atoms with Crippen molar-refractivity contribution in [3.05, 3.63) is 0 Å². The Bertz CT molecular complexity index is 309. The number of rotatable bonds is 2. The van der Waals surface area contributed by atoms with Crippen LogP contribution < -0.4 is 10.6 Å². The quantitative estimate of drug-likeness (QED) is 0.418. The third kappa shape index (κ3) is 5.64. The van der Waals surface area contributed by atoms with E-state index in [0.717, 1.165) is 24.8 Å². The Morgan fingerprint density at radius 3 is 2.67 bits per heavy atom. The van der Waals surface area contributed by atoms with Crippen molar-refractivity contribution in [2.75, 3.05) is 39.5 Å². The third-order valence-corrected chi connectivity index (χ3v) is 3.92. The maximum Gasteiger partial charge on any atom is 0.239 e. The normalized spacial score (nSPS) is 18.9. The average Bonchev–Trinajstić information content (AvgIpc) is 2.28. The lowest BCUT2D eigenvalue weighted by Crippen LogP contribution is -2.52. The zero-order valence-electron chi connectivity index (χ0n) is 11.4. The van der Waals surface area contributed by atoms with Gasteiger partial charge in [0.25, 0.3) is 0 Å².